The summed E-state index contributed by atoms with van der Waals surface area (Å²) < 4.78 is 33.8. The summed E-state index contributed by atoms with van der Waals surface area (Å²) in [5.41, 5.74) is 0.149. The molecule has 2 aromatic rings. The number of pyridine rings is 1. The first-order valence-corrected chi connectivity index (χ1v) is 12.3. The van der Waals surface area contributed by atoms with Crippen LogP contribution in [0.1, 0.15) is 30.1 Å². The summed E-state index contributed by atoms with van der Waals surface area (Å²) in [5.74, 6) is 0.678. The standard InChI is InChI=1S/C22H28N6O4S/c1-16(32-18-5-3-9-24-14-18)13-26-33(30,31)19-6-2-4-17(12-19)20(29)28-10-7-22(8-11-28)15-25-21(23)27-22/h2-6,9,12,14,16,26H,7-8,10-11,13,15H2,1H3,(H3,23,25,27). The lowest BCUT2D eigenvalue weighted by atomic mass is 9.88. The molecule has 0 saturated carbocycles. The van der Waals surface area contributed by atoms with Crippen molar-refractivity contribution in [1.29, 1.82) is 5.41 Å². The summed E-state index contributed by atoms with van der Waals surface area (Å²) >= 11 is 0. The number of carbonyl (C=O) groups excluding carboxylic acids is 1. The molecule has 33 heavy (non-hydrogen) atoms. The van der Waals surface area contributed by atoms with E-state index < -0.39 is 16.1 Å². The van der Waals surface area contributed by atoms with E-state index in [0.717, 1.165) is 12.8 Å². The molecule has 0 bridgehead atoms. The van der Waals surface area contributed by atoms with Crippen molar-refractivity contribution in [2.24, 2.45) is 0 Å². The number of benzene rings is 1. The minimum atomic E-state index is -3.82. The zero-order valence-corrected chi connectivity index (χ0v) is 19.2. The van der Waals surface area contributed by atoms with Gasteiger partial charge in [0.05, 0.1) is 16.6 Å². The number of rotatable bonds is 7. The number of hydrogen-bond acceptors (Lipinski definition) is 6. The fraction of sp³-hybridized carbons (Fsp3) is 0.409. The van der Waals surface area contributed by atoms with Crippen molar-refractivity contribution in [1.82, 2.24) is 25.2 Å². The smallest absolute Gasteiger partial charge is 0.253 e. The molecule has 4 N–H and O–H groups in total. The number of likely N-dealkylation sites (tertiary alicyclic amines) is 1. The third-order valence-electron chi connectivity index (χ3n) is 5.93. The van der Waals surface area contributed by atoms with Crippen LogP contribution in [0.3, 0.4) is 0 Å². The second-order valence-electron chi connectivity index (χ2n) is 8.42. The lowest BCUT2D eigenvalue weighted by Gasteiger charge is -2.38. The Bertz CT molecular complexity index is 1120. The van der Waals surface area contributed by atoms with Gasteiger partial charge in [-0.1, -0.05) is 6.07 Å². The predicted molar refractivity (Wildman–Crippen MR) is 123 cm³/mol. The van der Waals surface area contributed by atoms with E-state index in [2.05, 4.69) is 20.3 Å². The fourth-order valence-electron chi connectivity index (χ4n) is 4.03. The average Bonchev–Trinajstić information content (AvgIpc) is 3.18. The highest BCUT2D eigenvalue weighted by molar-refractivity contribution is 7.89. The molecule has 2 saturated heterocycles. The van der Waals surface area contributed by atoms with Crippen molar-refractivity contribution in [3.8, 4) is 5.75 Å². The molecule has 2 aliphatic rings. The van der Waals surface area contributed by atoms with Gasteiger partial charge in [0.25, 0.3) is 5.91 Å². The van der Waals surface area contributed by atoms with Gasteiger partial charge < -0.3 is 20.3 Å². The number of ether oxygens (including phenoxy) is 1. The quantitative estimate of drug-likeness (QED) is 0.471. The van der Waals surface area contributed by atoms with Gasteiger partial charge in [0.1, 0.15) is 11.9 Å². The zero-order chi connectivity index (χ0) is 23.5. The first-order chi connectivity index (χ1) is 15.8. The topological polar surface area (TPSA) is 137 Å². The third kappa shape index (κ3) is 5.42. The number of guanidine groups is 1. The minimum Gasteiger partial charge on any atom is -0.488 e. The normalized spacial score (nSPS) is 18.5. The van der Waals surface area contributed by atoms with Crippen LogP contribution >= 0.6 is 0 Å². The molecule has 1 atom stereocenters. The largest absolute Gasteiger partial charge is 0.488 e. The number of carbonyl (C=O) groups is 1. The molecule has 1 amide bonds. The molecule has 1 aromatic heterocycles. The molecule has 1 unspecified atom stereocenters. The van der Waals surface area contributed by atoms with Crippen LogP contribution in [0.4, 0.5) is 0 Å². The van der Waals surface area contributed by atoms with E-state index in [0.29, 0.717) is 36.9 Å². The van der Waals surface area contributed by atoms with Crippen molar-refractivity contribution in [3.05, 3.63) is 54.4 Å². The van der Waals surface area contributed by atoms with Crippen LogP contribution in [0.2, 0.25) is 0 Å². The monoisotopic (exact) mass is 472 g/mol. The Morgan fingerprint density at radius 2 is 2.09 bits per heavy atom. The zero-order valence-electron chi connectivity index (χ0n) is 18.4. The maximum atomic E-state index is 13.0. The van der Waals surface area contributed by atoms with Gasteiger partial charge in [-0.2, -0.15) is 0 Å². The Hall–Kier alpha value is -3.18. The van der Waals surface area contributed by atoms with Crippen LogP contribution in [0.5, 0.6) is 5.75 Å². The van der Waals surface area contributed by atoms with E-state index in [9.17, 15) is 13.2 Å². The summed E-state index contributed by atoms with van der Waals surface area (Å²) in [7, 11) is -3.82. The number of nitrogens with one attached hydrogen (secondary N) is 4. The first kappa shape index (κ1) is 23.0. The van der Waals surface area contributed by atoms with E-state index in [1.807, 2.05) is 0 Å². The summed E-state index contributed by atoms with van der Waals surface area (Å²) in [4.78, 5) is 18.8. The van der Waals surface area contributed by atoms with E-state index in [-0.39, 0.29) is 22.9 Å². The molecular formula is C22H28N6O4S. The highest BCUT2D eigenvalue weighted by Gasteiger charge is 2.40. The predicted octanol–water partition coefficient (Wildman–Crippen LogP) is 0.930. The number of aromatic nitrogens is 1. The lowest BCUT2D eigenvalue weighted by Crippen LogP contribution is -2.53. The van der Waals surface area contributed by atoms with Crippen LogP contribution in [0, 0.1) is 5.41 Å². The maximum absolute atomic E-state index is 13.0. The molecule has 4 rings (SSSR count). The summed E-state index contributed by atoms with van der Waals surface area (Å²) in [5, 5.41) is 13.9. The van der Waals surface area contributed by atoms with Crippen LogP contribution in [-0.4, -0.2) is 68.0 Å². The van der Waals surface area contributed by atoms with Gasteiger partial charge in [-0.15, -0.1) is 0 Å². The molecule has 1 aromatic carbocycles. The van der Waals surface area contributed by atoms with Gasteiger partial charge in [-0.05, 0) is 50.1 Å². The van der Waals surface area contributed by atoms with Gasteiger partial charge in [-0.3, -0.25) is 15.2 Å². The SMILES string of the molecule is CC(CNS(=O)(=O)c1cccc(C(=O)N2CCC3(CC2)CNC(=N)N3)c1)Oc1cccnc1. The summed E-state index contributed by atoms with van der Waals surface area (Å²) in [6.45, 7) is 3.59. The summed E-state index contributed by atoms with van der Waals surface area (Å²) in [6.07, 6.45) is 4.23. The van der Waals surface area contributed by atoms with Crippen LogP contribution in [0.25, 0.3) is 0 Å². The van der Waals surface area contributed by atoms with Crippen molar-refractivity contribution >= 4 is 21.9 Å². The molecule has 10 nitrogen and oxygen atoms in total. The molecule has 1 spiro atoms. The molecule has 2 aliphatic heterocycles. The van der Waals surface area contributed by atoms with Crippen molar-refractivity contribution < 1.29 is 17.9 Å². The Morgan fingerprint density at radius 3 is 2.76 bits per heavy atom. The lowest BCUT2D eigenvalue weighted by molar-refractivity contribution is 0.0668. The number of nitrogens with zero attached hydrogens (tertiary/aromatic N) is 2. The van der Waals surface area contributed by atoms with Gasteiger partial charge in [-0.25, -0.2) is 13.1 Å². The van der Waals surface area contributed by atoms with Gasteiger partial charge in [0.2, 0.25) is 10.0 Å². The summed E-state index contributed by atoms with van der Waals surface area (Å²) in [6, 6.07) is 9.57. The second kappa shape index (κ2) is 9.36. The molecule has 3 heterocycles. The van der Waals surface area contributed by atoms with Crippen LogP contribution in [0.15, 0.2) is 53.7 Å². The molecule has 176 valence electrons. The maximum Gasteiger partial charge on any atom is 0.253 e. The Labute approximate surface area is 193 Å². The van der Waals surface area contributed by atoms with Crippen LogP contribution in [-0.2, 0) is 10.0 Å². The molecule has 0 radical (unpaired) electrons. The second-order valence-corrected chi connectivity index (χ2v) is 10.2. The third-order valence-corrected chi connectivity index (χ3v) is 7.35. The van der Waals surface area contributed by atoms with E-state index >= 15 is 0 Å². The van der Waals surface area contributed by atoms with Crippen molar-refractivity contribution in [2.75, 3.05) is 26.2 Å². The van der Waals surface area contributed by atoms with E-state index in [4.69, 9.17) is 10.1 Å². The fourth-order valence-corrected chi connectivity index (χ4v) is 5.19. The minimum absolute atomic E-state index is 0.0329. The molecule has 2 fully saturated rings. The van der Waals surface area contributed by atoms with Gasteiger partial charge >= 0.3 is 0 Å². The number of piperidine rings is 1. The van der Waals surface area contributed by atoms with E-state index in [1.54, 1.807) is 48.5 Å². The Kier molecular flexibility index (Phi) is 6.52. The molecular weight excluding hydrogens is 444 g/mol. The van der Waals surface area contributed by atoms with Gasteiger partial charge in [0.15, 0.2) is 5.96 Å². The van der Waals surface area contributed by atoms with Gasteiger partial charge in [0, 0.05) is 37.9 Å². The Morgan fingerprint density at radius 1 is 1.30 bits per heavy atom. The van der Waals surface area contributed by atoms with Crippen molar-refractivity contribution in [2.45, 2.75) is 36.3 Å². The van der Waals surface area contributed by atoms with Crippen LogP contribution < -0.4 is 20.1 Å². The Balaban J connectivity index is 1.36. The average molecular weight is 473 g/mol. The molecule has 11 heteroatoms. The molecule has 0 aliphatic carbocycles. The number of hydrogen-bond donors (Lipinski definition) is 4. The number of sulfonamides is 1. The first-order valence-electron chi connectivity index (χ1n) is 10.8. The highest BCUT2D eigenvalue weighted by atomic mass is 32.2. The van der Waals surface area contributed by atoms with Crippen molar-refractivity contribution in [3.63, 3.8) is 0 Å². The highest BCUT2D eigenvalue weighted by Crippen LogP contribution is 2.25. The van der Waals surface area contributed by atoms with E-state index in [1.165, 1.54) is 12.1 Å². The number of amides is 1.